The van der Waals surface area contributed by atoms with Gasteiger partial charge in [-0.25, -0.2) is 0 Å². The maximum absolute atomic E-state index is 6.10. The summed E-state index contributed by atoms with van der Waals surface area (Å²) in [7, 11) is -0.962. The number of benzene rings is 4. The van der Waals surface area contributed by atoms with Crippen LogP contribution in [0.25, 0.3) is 43.8 Å². The van der Waals surface area contributed by atoms with Gasteiger partial charge >= 0.3 is 0 Å². The molecule has 0 saturated heterocycles. The molecule has 0 unspecified atom stereocenters. The molecule has 0 aliphatic carbocycles. The summed E-state index contributed by atoms with van der Waals surface area (Å²) in [5.41, 5.74) is 4.75. The van der Waals surface area contributed by atoms with Gasteiger partial charge < -0.3 is 4.42 Å². The Kier molecular flexibility index (Phi) is 5.84. The van der Waals surface area contributed by atoms with E-state index in [4.69, 9.17) is 4.42 Å². The maximum Gasteiger partial charge on any atom is 0.136 e. The fourth-order valence-electron chi connectivity index (χ4n) is 4.46. The molecule has 0 N–H and O–H groups in total. The highest BCUT2D eigenvalue weighted by atomic mass is 33.1. The van der Waals surface area contributed by atoms with Crippen molar-refractivity contribution in [3.63, 3.8) is 0 Å². The fraction of sp³-hybridized carbons (Fsp3) is 0.154. The van der Waals surface area contributed by atoms with Crippen LogP contribution in [0.5, 0.6) is 0 Å². The van der Waals surface area contributed by atoms with Crippen molar-refractivity contribution in [3.8, 4) is 11.1 Å². The summed E-state index contributed by atoms with van der Waals surface area (Å²) in [6.45, 7) is 4.00. The summed E-state index contributed by atoms with van der Waals surface area (Å²) >= 11 is 6.44. The Bertz CT molecular complexity index is 1370. The maximum atomic E-state index is 6.10. The van der Waals surface area contributed by atoms with E-state index in [-0.39, 0.29) is 0 Å². The van der Waals surface area contributed by atoms with Crippen LogP contribution in [-0.2, 0) is 0 Å². The van der Waals surface area contributed by atoms with Gasteiger partial charge in [0.15, 0.2) is 0 Å². The first-order valence-electron chi connectivity index (χ1n) is 10.1. The van der Waals surface area contributed by atoms with Crippen molar-refractivity contribution in [1.82, 2.24) is 0 Å². The summed E-state index contributed by atoms with van der Waals surface area (Å²) < 4.78 is 6.10. The average molecular weight is 451 g/mol. The van der Waals surface area contributed by atoms with E-state index in [1.54, 1.807) is 0 Å². The van der Waals surface area contributed by atoms with Gasteiger partial charge in [-0.3, -0.25) is 0 Å². The van der Waals surface area contributed by atoms with Gasteiger partial charge in [-0.15, -0.1) is 23.3 Å². The molecular formula is C26H26OS3. The molecule has 4 aromatic carbocycles. The molecule has 0 fully saturated rings. The predicted molar refractivity (Wildman–Crippen MR) is 142 cm³/mol. The molecule has 6 rings (SSSR count). The highest BCUT2D eigenvalue weighted by Crippen LogP contribution is 2.68. The third kappa shape index (κ3) is 3.05. The fourth-order valence-corrected chi connectivity index (χ4v) is 6.98. The second-order valence-corrected chi connectivity index (χ2v) is 11.0. The second-order valence-electron chi connectivity index (χ2n) is 7.43. The molecule has 0 bridgehead atoms. The Morgan fingerprint density at radius 2 is 1.37 bits per heavy atom. The van der Waals surface area contributed by atoms with E-state index in [1.165, 1.54) is 42.5 Å². The molecule has 1 aromatic heterocycles. The minimum atomic E-state index is -0.962. The van der Waals surface area contributed by atoms with Gasteiger partial charge in [-0.2, -0.15) is 10.0 Å². The third-order valence-corrected chi connectivity index (χ3v) is 8.63. The van der Waals surface area contributed by atoms with Crippen LogP contribution in [-0.4, -0.2) is 12.5 Å². The topological polar surface area (TPSA) is 13.1 Å². The molecular weight excluding hydrogens is 424 g/mol. The van der Waals surface area contributed by atoms with Gasteiger partial charge in [-0.1, -0.05) is 56.3 Å². The standard InChI is InChI=1S/C24H18OS.C2H6.H2S2/c1-26(2)22-10-6-4-8-17(22)24-18-14-19-16-7-3-5-9-20(16)25-21(19)13-15(18)11-12-23(24)26;2*1-2/h3-14H,1-2H3;1-2H3;1-2H. The zero-order valence-corrected chi connectivity index (χ0v) is 20.2. The summed E-state index contributed by atoms with van der Waals surface area (Å²) in [5, 5.41) is 4.99. The number of fused-ring (bicyclic) bond motifs is 8. The molecule has 1 aliphatic rings. The van der Waals surface area contributed by atoms with Crippen molar-refractivity contribution in [2.45, 2.75) is 23.6 Å². The number of thiol groups is 2. The first-order chi connectivity index (χ1) is 14.6. The second kappa shape index (κ2) is 8.26. The molecule has 30 heavy (non-hydrogen) atoms. The molecule has 4 heteroatoms. The lowest BCUT2D eigenvalue weighted by atomic mass is 9.97. The van der Waals surface area contributed by atoms with Gasteiger partial charge in [-0.05, 0) is 59.2 Å². The molecule has 1 nitrogen and oxygen atoms in total. The van der Waals surface area contributed by atoms with E-state index in [9.17, 15) is 0 Å². The number of rotatable bonds is 0. The summed E-state index contributed by atoms with van der Waals surface area (Å²) in [6, 6.07) is 26.4. The monoisotopic (exact) mass is 450 g/mol. The summed E-state index contributed by atoms with van der Waals surface area (Å²) in [6.07, 6.45) is 4.82. The zero-order valence-electron chi connectivity index (χ0n) is 17.6. The van der Waals surface area contributed by atoms with Crippen LogP contribution in [0.2, 0.25) is 0 Å². The number of hydrogen-bond acceptors (Lipinski definition) is 3. The lowest BCUT2D eigenvalue weighted by molar-refractivity contribution is 0.669. The van der Waals surface area contributed by atoms with Crippen molar-refractivity contribution < 1.29 is 4.42 Å². The van der Waals surface area contributed by atoms with Crippen LogP contribution in [0.4, 0.5) is 0 Å². The van der Waals surface area contributed by atoms with E-state index >= 15 is 0 Å². The molecule has 0 radical (unpaired) electrons. The third-order valence-electron chi connectivity index (χ3n) is 5.73. The largest absolute Gasteiger partial charge is 0.456 e. The molecule has 0 saturated carbocycles. The molecule has 5 aromatic rings. The van der Waals surface area contributed by atoms with Crippen LogP contribution in [0.1, 0.15) is 13.8 Å². The van der Waals surface area contributed by atoms with Crippen LogP contribution in [0.15, 0.2) is 87.0 Å². The number of furan rings is 1. The molecule has 154 valence electrons. The van der Waals surface area contributed by atoms with Crippen molar-refractivity contribution >= 4 is 66.1 Å². The number of hydrogen-bond donors (Lipinski definition) is 2. The van der Waals surface area contributed by atoms with Gasteiger partial charge in [0.05, 0.1) is 0 Å². The van der Waals surface area contributed by atoms with Crippen LogP contribution < -0.4 is 0 Å². The lowest BCUT2D eigenvalue weighted by Gasteiger charge is -2.28. The van der Waals surface area contributed by atoms with E-state index < -0.39 is 10.0 Å². The van der Waals surface area contributed by atoms with E-state index in [0.717, 1.165) is 11.2 Å². The molecule has 0 spiro atoms. The SMILES string of the molecule is CC.CS1(C)c2ccccc2-c2c1ccc1cc3oc4ccccc4c3cc21.SS. The van der Waals surface area contributed by atoms with Gasteiger partial charge in [0.25, 0.3) is 0 Å². The first kappa shape index (κ1) is 21.2. The van der Waals surface area contributed by atoms with Crippen molar-refractivity contribution in [2.75, 3.05) is 12.5 Å². The first-order valence-corrected chi connectivity index (χ1v) is 14.1. The minimum Gasteiger partial charge on any atom is -0.456 e. The quantitative estimate of drug-likeness (QED) is 0.177. The van der Waals surface area contributed by atoms with Gasteiger partial charge in [0.1, 0.15) is 11.2 Å². The van der Waals surface area contributed by atoms with E-state index in [0.29, 0.717) is 0 Å². The molecule has 2 heterocycles. The summed E-state index contributed by atoms with van der Waals surface area (Å²) in [4.78, 5) is 3.00. The Morgan fingerprint density at radius 3 is 2.17 bits per heavy atom. The lowest BCUT2D eigenvalue weighted by Crippen LogP contribution is -1.92. The minimum absolute atomic E-state index is 0.959. The molecule has 1 aliphatic heterocycles. The van der Waals surface area contributed by atoms with E-state index in [2.05, 4.69) is 96.5 Å². The highest BCUT2D eigenvalue weighted by Gasteiger charge is 2.32. The van der Waals surface area contributed by atoms with Crippen molar-refractivity contribution in [2.24, 2.45) is 0 Å². The molecule has 0 amide bonds. The Labute approximate surface area is 190 Å². The number of para-hydroxylation sites is 1. The Morgan fingerprint density at radius 1 is 0.667 bits per heavy atom. The van der Waals surface area contributed by atoms with Gasteiger partial charge in [0, 0.05) is 26.1 Å². The predicted octanol–water partition coefficient (Wildman–Crippen LogP) is 8.99. The molecule has 0 atom stereocenters. The van der Waals surface area contributed by atoms with E-state index in [1.807, 2.05) is 26.0 Å². The summed E-state index contributed by atoms with van der Waals surface area (Å²) in [5.74, 6) is 0. The van der Waals surface area contributed by atoms with Crippen LogP contribution >= 0.6 is 33.3 Å². The zero-order chi connectivity index (χ0) is 21.5. The average Bonchev–Trinajstić information content (AvgIpc) is 3.27. The van der Waals surface area contributed by atoms with Crippen molar-refractivity contribution in [3.05, 3.63) is 72.8 Å². The smallest absolute Gasteiger partial charge is 0.136 e. The Balaban J connectivity index is 0.000000516. The van der Waals surface area contributed by atoms with Crippen LogP contribution in [0.3, 0.4) is 0 Å². The van der Waals surface area contributed by atoms with Crippen LogP contribution in [0, 0.1) is 0 Å². The Hall–Kier alpha value is -2.01. The van der Waals surface area contributed by atoms with Crippen molar-refractivity contribution in [1.29, 1.82) is 0 Å². The van der Waals surface area contributed by atoms with Gasteiger partial charge in [0.2, 0.25) is 0 Å². The highest BCUT2D eigenvalue weighted by molar-refractivity contribution is 8.59. The normalized spacial score (nSPS) is 14.3.